The highest BCUT2D eigenvalue weighted by molar-refractivity contribution is 9.10. The molecular formula is C10H10BrN3O. The van der Waals surface area contributed by atoms with Crippen molar-refractivity contribution < 1.29 is 4.74 Å². The van der Waals surface area contributed by atoms with Crippen LogP contribution >= 0.6 is 15.9 Å². The van der Waals surface area contributed by atoms with E-state index in [0.29, 0.717) is 12.4 Å². The monoisotopic (exact) mass is 267 g/mol. The van der Waals surface area contributed by atoms with Crippen LogP contribution in [-0.2, 0) is 6.54 Å². The van der Waals surface area contributed by atoms with Crippen molar-refractivity contribution in [2.75, 3.05) is 7.11 Å². The van der Waals surface area contributed by atoms with Crippen LogP contribution in [-0.4, -0.2) is 21.9 Å². The zero-order valence-corrected chi connectivity index (χ0v) is 9.81. The van der Waals surface area contributed by atoms with Gasteiger partial charge in [-0.3, -0.25) is 9.67 Å². The highest BCUT2D eigenvalue weighted by Crippen LogP contribution is 2.22. The smallest absolute Gasteiger partial charge is 0.247 e. The molecule has 5 heteroatoms. The lowest BCUT2D eigenvalue weighted by Crippen LogP contribution is -2.01. The van der Waals surface area contributed by atoms with Crippen LogP contribution in [0, 0.1) is 0 Å². The van der Waals surface area contributed by atoms with E-state index in [1.807, 2.05) is 24.4 Å². The first kappa shape index (κ1) is 10.2. The molecule has 0 aromatic carbocycles. The molecule has 2 heterocycles. The molecule has 0 amide bonds. The number of aromatic nitrogens is 3. The predicted octanol–water partition coefficient (Wildman–Crippen LogP) is 2.10. The van der Waals surface area contributed by atoms with Crippen molar-refractivity contribution in [1.82, 2.24) is 14.8 Å². The highest BCUT2D eigenvalue weighted by Gasteiger charge is 2.06. The minimum absolute atomic E-state index is 0.589. The number of pyridine rings is 1. The topological polar surface area (TPSA) is 39.9 Å². The SMILES string of the molecule is COc1nn(Cc2ccccn2)cc1Br. The third-order valence-electron chi connectivity index (χ3n) is 1.93. The lowest BCUT2D eigenvalue weighted by molar-refractivity contribution is 0.388. The van der Waals surface area contributed by atoms with E-state index in [0.717, 1.165) is 10.2 Å². The molecule has 0 aliphatic rings. The summed E-state index contributed by atoms with van der Waals surface area (Å²) in [5.74, 6) is 0.589. The fraction of sp³-hybridized carbons (Fsp3) is 0.200. The van der Waals surface area contributed by atoms with Crippen LogP contribution in [0.3, 0.4) is 0 Å². The molecule has 0 atom stereocenters. The van der Waals surface area contributed by atoms with Gasteiger partial charge in [0.05, 0.1) is 23.8 Å². The summed E-state index contributed by atoms with van der Waals surface area (Å²) >= 11 is 3.36. The van der Waals surface area contributed by atoms with E-state index in [1.54, 1.807) is 18.0 Å². The molecule has 2 aromatic heterocycles. The second-order valence-corrected chi connectivity index (χ2v) is 3.86. The molecule has 15 heavy (non-hydrogen) atoms. The Bertz CT molecular complexity index is 441. The number of halogens is 1. The molecule has 0 aliphatic carbocycles. The molecule has 0 saturated heterocycles. The van der Waals surface area contributed by atoms with Gasteiger partial charge in [-0.05, 0) is 28.1 Å². The lowest BCUT2D eigenvalue weighted by Gasteiger charge is -1.99. The Hall–Kier alpha value is -1.36. The molecule has 0 bridgehead atoms. The third kappa shape index (κ3) is 2.36. The molecule has 0 radical (unpaired) electrons. The molecule has 0 saturated carbocycles. The maximum Gasteiger partial charge on any atom is 0.247 e. The largest absolute Gasteiger partial charge is 0.479 e. The molecule has 0 spiro atoms. The molecule has 4 nitrogen and oxygen atoms in total. The highest BCUT2D eigenvalue weighted by atomic mass is 79.9. The van der Waals surface area contributed by atoms with Crippen LogP contribution in [0.5, 0.6) is 5.88 Å². The predicted molar refractivity (Wildman–Crippen MR) is 59.8 cm³/mol. The first-order chi connectivity index (χ1) is 7.29. The van der Waals surface area contributed by atoms with E-state index in [2.05, 4.69) is 26.0 Å². The van der Waals surface area contributed by atoms with E-state index in [-0.39, 0.29) is 0 Å². The Kier molecular flexibility index (Phi) is 3.01. The van der Waals surface area contributed by atoms with Gasteiger partial charge in [0.15, 0.2) is 0 Å². The molecule has 78 valence electrons. The van der Waals surface area contributed by atoms with Crippen LogP contribution in [0.2, 0.25) is 0 Å². The number of rotatable bonds is 3. The van der Waals surface area contributed by atoms with E-state index in [9.17, 15) is 0 Å². The van der Waals surface area contributed by atoms with Gasteiger partial charge >= 0.3 is 0 Å². The summed E-state index contributed by atoms with van der Waals surface area (Å²) in [4.78, 5) is 4.22. The van der Waals surface area contributed by atoms with Crippen molar-refractivity contribution in [1.29, 1.82) is 0 Å². The molecule has 2 aromatic rings. The van der Waals surface area contributed by atoms with Gasteiger partial charge < -0.3 is 4.74 Å². The number of ether oxygens (including phenoxy) is 1. The second kappa shape index (κ2) is 4.44. The summed E-state index contributed by atoms with van der Waals surface area (Å²) in [7, 11) is 1.60. The fourth-order valence-electron chi connectivity index (χ4n) is 1.26. The van der Waals surface area contributed by atoms with Gasteiger partial charge in [-0.1, -0.05) is 6.07 Å². The van der Waals surface area contributed by atoms with Gasteiger partial charge in [0.25, 0.3) is 0 Å². The Morgan fingerprint density at radius 2 is 2.33 bits per heavy atom. The van der Waals surface area contributed by atoms with Crippen LogP contribution in [0.15, 0.2) is 35.1 Å². The first-order valence-corrected chi connectivity index (χ1v) is 5.26. The summed E-state index contributed by atoms with van der Waals surface area (Å²) in [5, 5.41) is 4.23. The second-order valence-electron chi connectivity index (χ2n) is 3.00. The fourth-order valence-corrected chi connectivity index (χ4v) is 1.73. The number of nitrogens with zero attached hydrogens (tertiary/aromatic N) is 3. The summed E-state index contributed by atoms with van der Waals surface area (Å²) in [6, 6.07) is 5.81. The van der Waals surface area contributed by atoms with Crippen LogP contribution in [0.4, 0.5) is 0 Å². The number of hydrogen-bond acceptors (Lipinski definition) is 3. The molecular weight excluding hydrogens is 258 g/mol. The van der Waals surface area contributed by atoms with E-state index in [4.69, 9.17) is 4.74 Å². The Morgan fingerprint density at radius 3 is 2.93 bits per heavy atom. The van der Waals surface area contributed by atoms with Gasteiger partial charge in [0, 0.05) is 12.4 Å². The third-order valence-corrected chi connectivity index (χ3v) is 2.47. The summed E-state index contributed by atoms with van der Waals surface area (Å²) in [6.45, 7) is 0.642. The molecule has 0 aliphatic heterocycles. The van der Waals surface area contributed by atoms with Gasteiger partial charge in [-0.2, -0.15) is 0 Å². The Balaban J connectivity index is 2.18. The normalized spacial score (nSPS) is 10.3. The average Bonchev–Trinajstić information content (AvgIpc) is 2.60. The van der Waals surface area contributed by atoms with Crippen molar-refractivity contribution in [2.45, 2.75) is 6.54 Å². The van der Waals surface area contributed by atoms with Gasteiger partial charge in [0.1, 0.15) is 0 Å². The van der Waals surface area contributed by atoms with Gasteiger partial charge in [-0.15, -0.1) is 5.10 Å². The van der Waals surface area contributed by atoms with Crippen molar-refractivity contribution in [3.8, 4) is 5.88 Å². The molecule has 2 rings (SSSR count). The van der Waals surface area contributed by atoms with Crippen LogP contribution < -0.4 is 4.74 Å². The summed E-state index contributed by atoms with van der Waals surface area (Å²) < 4.78 is 7.70. The minimum atomic E-state index is 0.589. The standard InChI is InChI=1S/C10H10BrN3O/c1-15-10-9(11)7-14(13-10)6-8-4-2-3-5-12-8/h2-5,7H,6H2,1H3. The van der Waals surface area contributed by atoms with Crippen molar-refractivity contribution in [3.05, 3.63) is 40.8 Å². The summed E-state index contributed by atoms with van der Waals surface area (Å²) in [6.07, 6.45) is 3.64. The van der Waals surface area contributed by atoms with Crippen molar-refractivity contribution in [2.24, 2.45) is 0 Å². The quantitative estimate of drug-likeness (QED) is 0.855. The molecule has 0 N–H and O–H groups in total. The zero-order valence-electron chi connectivity index (χ0n) is 8.22. The van der Waals surface area contributed by atoms with E-state index in [1.165, 1.54) is 0 Å². The van der Waals surface area contributed by atoms with Crippen LogP contribution in [0.25, 0.3) is 0 Å². The zero-order chi connectivity index (χ0) is 10.7. The Labute approximate surface area is 96.0 Å². The van der Waals surface area contributed by atoms with E-state index >= 15 is 0 Å². The van der Waals surface area contributed by atoms with E-state index < -0.39 is 0 Å². The summed E-state index contributed by atoms with van der Waals surface area (Å²) in [5.41, 5.74) is 0.968. The number of hydrogen-bond donors (Lipinski definition) is 0. The number of methoxy groups -OCH3 is 1. The minimum Gasteiger partial charge on any atom is -0.479 e. The van der Waals surface area contributed by atoms with Crippen molar-refractivity contribution >= 4 is 15.9 Å². The average molecular weight is 268 g/mol. The molecule has 0 fully saturated rings. The van der Waals surface area contributed by atoms with Gasteiger partial charge in [0.2, 0.25) is 5.88 Å². The first-order valence-electron chi connectivity index (χ1n) is 4.46. The maximum absolute atomic E-state index is 5.06. The van der Waals surface area contributed by atoms with Crippen molar-refractivity contribution in [3.63, 3.8) is 0 Å². The Morgan fingerprint density at radius 1 is 1.47 bits per heavy atom. The molecule has 0 unspecified atom stereocenters. The van der Waals surface area contributed by atoms with Crippen LogP contribution in [0.1, 0.15) is 5.69 Å². The maximum atomic E-state index is 5.06. The van der Waals surface area contributed by atoms with Gasteiger partial charge in [-0.25, -0.2) is 0 Å². The lowest BCUT2D eigenvalue weighted by atomic mass is 10.3.